The lowest BCUT2D eigenvalue weighted by Gasteiger charge is -2.49. The first kappa shape index (κ1) is 18.1. The molecule has 3 fully saturated rings. The number of nitrogens with one attached hydrogen (secondary N) is 1. The zero-order chi connectivity index (χ0) is 18.6. The van der Waals surface area contributed by atoms with E-state index in [4.69, 9.17) is 4.74 Å². The van der Waals surface area contributed by atoms with Crippen molar-refractivity contribution in [1.82, 2.24) is 25.2 Å². The van der Waals surface area contributed by atoms with Crippen molar-refractivity contribution < 1.29 is 9.53 Å². The minimum Gasteiger partial charge on any atom is -0.383 e. The van der Waals surface area contributed by atoms with Crippen molar-refractivity contribution in [3.63, 3.8) is 0 Å². The number of ether oxygens (including phenoxy) is 1. The summed E-state index contributed by atoms with van der Waals surface area (Å²) in [6, 6.07) is 10.6. The van der Waals surface area contributed by atoms with E-state index in [1.165, 1.54) is 0 Å². The maximum Gasteiger partial charge on any atom is 0.224 e. The maximum absolute atomic E-state index is 12.5. The summed E-state index contributed by atoms with van der Waals surface area (Å²) in [5, 5.41) is 11.6. The van der Waals surface area contributed by atoms with E-state index in [1.807, 2.05) is 41.2 Å². The van der Waals surface area contributed by atoms with Crippen LogP contribution >= 0.6 is 0 Å². The third-order valence-corrected chi connectivity index (χ3v) is 5.83. The van der Waals surface area contributed by atoms with Crippen LogP contribution in [0.4, 0.5) is 0 Å². The molecule has 7 heteroatoms. The Hall–Kier alpha value is -2.25. The van der Waals surface area contributed by atoms with Crippen molar-refractivity contribution in [2.45, 2.75) is 25.4 Å². The molecule has 144 valence electrons. The number of hydrogen-bond donors (Lipinski definition) is 1. The Bertz CT molecular complexity index is 763. The van der Waals surface area contributed by atoms with E-state index in [1.54, 1.807) is 7.11 Å². The fourth-order valence-corrected chi connectivity index (χ4v) is 4.38. The number of hydrogen-bond acceptors (Lipinski definition) is 5. The molecule has 0 radical (unpaired) electrons. The molecule has 7 nitrogen and oxygen atoms in total. The highest BCUT2D eigenvalue weighted by atomic mass is 16.5. The minimum atomic E-state index is 0.0995. The SMILES string of the molecule is COCCNC(=O)[C@@H]1CN2CC[C@@H]1C[C@@H]2Cn1cc(-c2ccccc2)nn1. The summed E-state index contributed by atoms with van der Waals surface area (Å²) >= 11 is 0. The highest BCUT2D eigenvalue weighted by Gasteiger charge is 2.43. The topological polar surface area (TPSA) is 72.3 Å². The molecule has 2 bridgehead atoms. The molecule has 27 heavy (non-hydrogen) atoms. The van der Waals surface area contributed by atoms with E-state index in [9.17, 15) is 4.79 Å². The number of benzene rings is 1. The van der Waals surface area contributed by atoms with Gasteiger partial charge in [-0.05, 0) is 25.3 Å². The number of piperidine rings is 3. The lowest BCUT2D eigenvalue weighted by molar-refractivity contribution is -0.133. The normalized spacial score (nSPS) is 26.9. The highest BCUT2D eigenvalue weighted by molar-refractivity contribution is 5.79. The predicted molar refractivity (Wildman–Crippen MR) is 102 cm³/mol. The first-order chi connectivity index (χ1) is 13.2. The van der Waals surface area contributed by atoms with E-state index >= 15 is 0 Å². The van der Waals surface area contributed by atoms with Gasteiger partial charge in [0, 0.05) is 31.8 Å². The summed E-state index contributed by atoms with van der Waals surface area (Å²) in [6.45, 7) is 3.88. The molecule has 3 saturated heterocycles. The van der Waals surface area contributed by atoms with Crippen molar-refractivity contribution in [1.29, 1.82) is 0 Å². The van der Waals surface area contributed by atoms with Gasteiger partial charge in [-0.3, -0.25) is 14.4 Å². The largest absolute Gasteiger partial charge is 0.383 e. The Morgan fingerprint density at radius 3 is 2.93 bits per heavy atom. The van der Waals surface area contributed by atoms with Crippen molar-refractivity contribution in [2.75, 3.05) is 33.4 Å². The average Bonchev–Trinajstić information content (AvgIpc) is 3.18. The highest BCUT2D eigenvalue weighted by Crippen LogP contribution is 2.37. The van der Waals surface area contributed by atoms with Crippen LogP contribution in [0.15, 0.2) is 36.5 Å². The molecule has 4 atom stereocenters. The lowest BCUT2D eigenvalue weighted by Crippen LogP contribution is -2.58. The Kier molecular flexibility index (Phi) is 5.50. The van der Waals surface area contributed by atoms with Crippen molar-refractivity contribution in [3.8, 4) is 11.3 Å². The van der Waals surface area contributed by atoms with Crippen LogP contribution in [0, 0.1) is 11.8 Å². The lowest BCUT2D eigenvalue weighted by atomic mass is 9.75. The number of methoxy groups -OCH3 is 1. The van der Waals surface area contributed by atoms with Gasteiger partial charge in [0.1, 0.15) is 5.69 Å². The average molecular weight is 369 g/mol. The van der Waals surface area contributed by atoms with Crippen LogP contribution in [0.1, 0.15) is 12.8 Å². The maximum atomic E-state index is 12.5. The summed E-state index contributed by atoms with van der Waals surface area (Å²) in [7, 11) is 1.65. The second kappa shape index (κ2) is 8.19. The molecule has 1 aromatic heterocycles. The molecular formula is C20H27N5O2. The third kappa shape index (κ3) is 4.04. The number of nitrogens with zero attached hydrogens (tertiary/aromatic N) is 4. The molecule has 1 N–H and O–H groups in total. The molecule has 1 unspecified atom stereocenters. The quantitative estimate of drug-likeness (QED) is 0.748. The van der Waals surface area contributed by atoms with Crippen LogP contribution in [0.2, 0.25) is 0 Å². The van der Waals surface area contributed by atoms with Crippen LogP contribution in [-0.4, -0.2) is 65.2 Å². The van der Waals surface area contributed by atoms with Gasteiger partial charge in [-0.25, -0.2) is 0 Å². The van der Waals surface area contributed by atoms with Gasteiger partial charge in [0.15, 0.2) is 0 Å². The van der Waals surface area contributed by atoms with E-state index in [2.05, 4.69) is 20.5 Å². The fourth-order valence-electron chi connectivity index (χ4n) is 4.38. The van der Waals surface area contributed by atoms with Gasteiger partial charge in [-0.2, -0.15) is 0 Å². The minimum absolute atomic E-state index is 0.0995. The van der Waals surface area contributed by atoms with Crippen LogP contribution in [0.3, 0.4) is 0 Å². The van der Waals surface area contributed by atoms with Crippen molar-refractivity contribution >= 4 is 5.91 Å². The van der Waals surface area contributed by atoms with Gasteiger partial charge in [-0.15, -0.1) is 5.10 Å². The van der Waals surface area contributed by atoms with E-state index in [0.717, 1.165) is 43.7 Å². The Balaban J connectivity index is 1.36. The number of carbonyl (C=O) groups is 1. The van der Waals surface area contributed by atoms with Gasteiger partial charge in [-0.1, -0.05) is 35.5 Å². The number of carbonyl (C=O) groups excluding carboxylic acids is 1. The van der Waals surface area contributed by atoms with Crippen molar-refractivity contribution in [3.05, 3.63) is 36.5 Å². The first-order valence-corrected chi connectivity index (χ1v) is 9.71. The second-order valence-corrected chi connectivity index (χ2v) is 7.52. The summed E-state index contributed by atoms with van der Waals surface area (Å²) in [5.74, 6) is 0.731. The summed E-state index contributed by atoms with van der Waals surface area (Å²) < 4.78 is 6.96. The Morgan fingerprint density at radius 2 is 2.19 bits per heavy atom. The molecule has 1 amide bonds. The Labute approximate surface area is 159 Å². The van der Waals surface area contributed by atoms with Crippen LogP contribution in [0.5, 0.6) is 0 Å². The molecule has 1 aromatic carbocycles. The number of rotatable bonds is 7. The molecule has 3 aliphatic heterocycles. The summed E-state index contributed by atoms with van der Waals surface area (Å²) in [4.78, 5) is 14.9. The Morgan fingerprint density at radius 1 is 1.33 bits per heavy atom. The fraction of sp³-hybridized carbons (Fsp3) is 0.550. The van der Waals surface area contributed by atoms with Gasteiger partial charge < -0.3 is 10.1 Å². The first-order valence-electron chi connectivity index (χ1n) is 9.71. The molecule has 2 aromatic rings. The summed E-state index contributed by atoms with van der Waals surface area (Å²) in [6.07, 6.45) is 4.17. The molecule has 5 rings (SSSR count). The number of amides is 1. The zero-order valence-electron chi connectivity index (χ0n) is 15.8. The molecule has 0 aliphatic carbocycles. The van der Waals surface area contributed by atoms with Crippen LogP contribution in [0.25, 0.3) is 11.3 Å². The molecule has 0 spiro atoms. The third-order valence-electron chi connectivity index (χ3n) is 5.83. The van der Waals surface area contributed by atoms with E-state index in [0.29, 0.717) is 25.1 Å². The standard InChI is InChI=1S/C20H27N5O2/c1-27-10-8-21-20(26)18-13-24-9-7-16(18)11-17(24)12-25-14-19(22-23-25)15-5-3-2-4-6-15/h2-6,14,16-18H,7-13H2,1H3,(H,21,26)/t16-,17-,18-/m1/s1. The summed E-state index contributed by atoms with van der Waals surface area (Å²) in [5.41, 5.74) is 1.99. The predicted octanol–water partition coefficient (Wildman–Crippen LogP) is 1.42. The molecule has 4 heterocycles. The number of aromatic nitrogens is 3. The zero-order valence-corrected chi connectivity index (χ0v) is 15.8. The monoisotopic (exact) mass is 369 g/mol. The van der Waals surface area contributed by atoms with Crippen LogP contribution in [-0.2, 0) is 16.1 Å². The van der Waals surface area contributed by atoms with Gasteiger partial charge in [0.2, 0.25) is 5.91 Å². The van der Waals surface area contributed by atoms with E-state index < -0.39 is 0 Å². The van der Waals surface area contributed by atoms with Crippen LogP contribution < -0.4 is 5.32 Å². The number of fused-ring (bicyclic) bond motifs is 3. The second-order valence-electron chi connectivity index (χ2n) is 7.52. The van der Waals surface area contributed by atoms with Gasteiger partial charge in [0.05, 0.1) is 25.3 Å². The van der Waals surface area contributed by atoms with Gasteiger partial charge in [0.25, 0.3) is 0 Å². The van der Waals surface area contributed by atoms with Crippen molar-refractivity contribution in [2.24, 2.45) is 11.8 Å². The molecule has 0 saturated carbocycles. The van der Waals surface area contributed by atoms with Gasteiger partial charge >= 0.3 is 0 Å². The molecule has 3 aliphatic rings. The molecular weight excluding hydrogens is 342 g/mol. The van der Waals surface area contributed by atoms with E-state index in [-0.39, 0.29) is 11.8 Å². The smallest absolute Gasteiger partial charge is 0.224 e.